The molecule has 5 nitrogen and oxygen atoms in total. The molecule has 1 fully saturated rings. The van der Waals surface area contributed by atoms with Crippen LogP contribution < -0.4 is 5.73 Å². The van der Waals surface area contributed by atoms with Crippen molar-refractivity contribution in [3.05, 3.63) is 0 Å². The first-order valence-corrected chi connectivity index (χ1v) is 5.66. The van der Waals surface area contributed by atoms with E-state index in [-0.39, 0.29) is 6.54 Å². The number of nitrogens with two attached hydrogens (primary N) is 1. The second kappa shape index (κ2) is 4.69. The van der Waals surface area contributed by atoms with Crippen molar-refractivity contribution in [2.45, 2.75) is 6.04 Å². The number of hydrogen-bond acceptors (Lipinski definition) is 4. The van der Waals surface area contributed by atoms with E-state index in [0.29, 0.717) is 24.6 Å². The smallest absolute Gasteiger partial charge is 0.322 e. The summed E-state index contributed by atoms with van der Waals surface area (Å²) in [5, 5.41) is 8.79. The van der Waals surface area contributed by atoms with Crippen LogP contribution in [-0.4, -0.2) is 57.4 Å². The summed E-state index contributed by atoms with van der Waals surface area (Å²) in [6.07, 6.45) is 0. The van der Waals surface area contributed by atoms with E-state index in [1.807, 2.05) is 0 Å². The number of carboxylic acid groups (broad SMARTS) is 1. The van der Waals surface area contributed by atoms with Crippen LogP contribution in [0.2, 0.25) is 0 Å². The summed E-state index contributed by atoms with van der Waals surface area (Å²) >= 11 is 0. The third-order valence-electron chi connectivity index (χ3n) is 2.16. The van der Waals surface area contributed by atoms with Crippen LogP contribution >= 0.6 is 0 Å². The van der Waals surface area contributed by atoms with Crippen molar-refractivity contribution in [2.24, 2.45) is 5.73 Å². The molecule has 0 radical (unpaired) electrons. The van der Waals surface area contributed by atoms with E-state index in [9.17, 15) is 9.00 Å². The molecular formula is C7H14N2O3S. The molecule has 3 N–H and O–H groups in total. The van der Waals surface area contributed by atoms with Gasteiger partial charge in [0.05, 0.1) is 0 Å². The minimum Gasteiger partial charge on any atom is -0.480 e. The maximum Gasteiger partial charge on any atom is 0.322 e. The highest BCUT2D eigenvalue weighted by Gasteiger charge is 2.26. The molecule has 0 amide bonds. The Morgan fingerprint density at radius 1 is 1.54 bits per heavy atom. The van der Waals surface area contributed by atoms with Crippen LogP contribution in [0.1, 0.15) is 0 Å². The number of nitrogens with zero attached hydrogens (tertiary/aromatic N) is 1. The fourth-order valence-corrected chi connectivity index (χ4v) is 2.45. The van der Waals surface area contributed by atoms with Crippen molar-refractivity contribution in [1.82, 2.24) is 4.90 Å². The highest BCUT2D eigenvalue weighted by Crippen LogP contribution is 2.04. The molecule has 76 valence electrons. The lowest BCUT2D eigenvalue weighted by atomic mass is 10.2. The van der Waals surface area contributed by atoms with Gasteiger partial charge in [-0.25, -0.2) is 0 Å². The van der Waals surface area contributed by atoms with Gasteiger partial charge in [-0.3, -0.25) is 13.9 Å². The maximum atomic E-state index is 11.0. The van der Waals surface area contributed by atoms with Crippen LogP contribution in [0, 0.1) is 0 Å². The van der Waals surface area contributed by atoms with Gasteiger partial charge in [0.15, 0.2) is 0 Å². The third-order valence-corrected chi connectivity index (χ3v) is 3.44. The van der Waals surface area contributed by atoms with Crippen molar-refractivity contribution >= 4 is 16.8 Å². The molecule has 1 saturated heterocycles. The minimum atomic E-state index is -0.893. The predicted octanol–water partition coefficient (Wildman–Crippen LogP) is -1.54. The van der Waals surface area contributed by atoms with Crippen molar-refractivity contribution in [2.75, 3.05) is 31.1 Å². The summed E-state index contributed by atoms with van der Waals surface area (Å²) < 4.78 is 11.0. The van der Waals surface area contributed by atoms with Crippen LogP contribution in [0.4, 0.5) is 0 Å². The monoisotopic (exact) mass is 206 g/mol. The molecule has 0 aliphatic carbocycles. The molecule has 1 atom stereocenters. The Hall–Kier alpha value is -0.460. The maximum absolute atomic E-state index is 11.0. The topological polar surface area (TPSA) is 83.6 Å². The Labute approximate surface area is 79.4 Å². The first kappa shape index (κ1) is 10.6. The normalized spacial score (nSPS) is 22.8. The van der Waals surface area contributed by atoms with Gasteiger partial charge in [0.2, 0.25) is 0 Å². The van der Waals surface area contributed by atoms with Gasteiger partial charge < -0.3 is 10.8 Å². The van der Waals surface area contributed by atoms with Crippen LogP contribution in [0.3, 0.4) is 0 Å². The first-order chi connectivity index (χ1) is 6.15. The molecule has 6 heteroatoms. The Morgan fingerprint density at radius 3 is 2.46 bits per heavy atom. The zero-order valence-electron chi connectivity index (χ0n) is 7.31. The second-order valence-electron chi connectivity index (χ2n) is 2.97. The Balaban J connectivity index is 2.50. The fraction of sp³-hybridized carbons (Fsp3) is 0.857. The molecule has 0 aromatic heterocycles. The summed E-state index contributed by atoms with van der Waals surface area (Å²) in [6, 6.07) is -0.614. The lowest BCUT2D eigenvalue weighted by molar-refractivity contribution is -0.142. The van der Waals surface area contributed by atoms with Gasteiger partial charge in [-0.1, -0.05) is 0 Å². The highest BCUT2D eigenvalue weighted by atomic mass is 32.2. The number of hydrogen-bond donors (Lipinski definition) is 2. The van der Waals surface area contributed by atoms with E-state index >= 15 is 0 Å². The van der Waals surface area contributed by atoms with Gasteiger partial charge in [0, 0.05) is 41.9 Å². The molecular weight excluding hydrogens is 192 g/mol. The molecule has 0 bridgehead atoms. The minimum absolute atomic E-state index is 0.113. The Kier molecular flexibility index (Phi) is 3.83. The first-order valence-electron chi connectivity index (χ1n) is 4.17. The third kappa shape index (κ3) is 2.75. The quantitative estimate of drug-likeness (QED) is 0.585. The molecule has 0 saturated carbocycles. The summed E-state index contributed by atoms with van der Waals surface area (Å²) in [5.74, 6) is 0.225. The molecule has 1 aliphatic rings. The summed E-state index contributed by atoms with van der Waals surface area (Å²) in [7, 11) is -0.768. The highest BCUT2D eigenvalue weighted by molar-refractivity contribution is 7.85. The molecule has 0 aromatic carbocycles. The lowest BCUT2D eigenvalue weighted by Gasteiger charge is -2.30. The summed E-state index contributed by atoms with van der Waals surface area (Å²) in [6.45, 7) is 1.25. The molecule has 1 aliphatic heterocycles. The number of rotatable bonds is 3. The van der Waals surface area contributed by atoms with Gasteiger partial charge in [0.25, 0.3) is 0 Å². The Bertz CT molecular complexity index is 212. The van der Waals surface area contributed by atoms with Gasteiger partial charge >= 0.3 is 5.97 Å². The molecule has 0 spiro atoms. The number of aliphatic carboxylic acids is 1. The predicted molar refractivity (Wildman–Crippen MR) is 49.9 cm³/mol. The van der Waals surface area contributed by atoms with Crippen molar-refractivity contribution in [1.29, 1.82) is 0 Å². The molecule has 1 unspecified atom stereocenters. The number of carbonyl (C=O) groups is 1. The van der Waals surface area contributed by atoms with Crippen LogP contribution in [0.15, 0.2) is 0 Å². The van der Waals surface area contributed by atoms with Crippen molar-refractivity contribution in [3.63, 3.8) is 0 Å². The van der Waals surface area contributed by atoms with Gasteiger partial charge in [-0.05, 0) is 0 Å². The summed E-state index contributed by atoms with van der Waals surface area (Å²) in [5.41, 5.74) is 5.34. The Morgan fingerprint density at radius 2 is 2.08 bits per heavy atom. The van der Waals surface area contributed by atoms with Crippen LogP contribution in [0.25, 0.3) is 0 Å². The molecule has 1 heterocycles. The van der Waals surface area contributed by atoms with E-state index < -0.39 is 22.8 Å². The molecule has 13 heavy (non-hydrogen) atoms. The average Bonchev–Trinajstić information content (AvgIpc) is 2.09. The van der Waals surface area contributed by atoms with E-state index in [1.54, 1.807) is 4.90 Å². The van der Waals surface area contributed by atoms with Crippen LogP contribution in [-0.2, 0) is 15.6 Å². The van der Waals surface area contributed by atoms with E-state index in [0.717, 1.165) is 0 Å². The van der Waals surface area contributed by atoms with Gasteiger partial charge in [0.1, 0.15) is 6.04 Å². The fourth-order valence-electron chi connectivity index (χ4n) is 1.37. The zero-order valence-corrected chi connectivity index (χ0v) is 8.13. The number of carboxylic acids is 1. The molecule has 1 rings (SSSR count). The molecule has 0 aromatic rings. The van der Waals surface area contributed by atoms with Crippen molar-refractivity contribution in [3.8, 4) is 0 Å². The van der Waals surface area contributed by atoms with E-state index in [2.05, 4.69) is 0 Å². The standard InChI is InChI=1S/C7H14N2O3S/c8-5-6(7(10)11)9-1-3-13(12)4-2-9/h6H,1-5,8H2,(H,10,11). The average molecular weight is 206 g/mol. The van der Waals surface area contributed by atoms with Crippen LogP contribution in [0.5, 0.6) is 0 Å². The summed E-state index contributed by atoms with van der Waals surface area (Å²) in [4.78, 5) is 12.5. The lowest BCUT2D eigenvalue weighted by Crippen LogP contribution is -2.51. The van der Waals surface area contributed by atoms with Gasteiger partial charge in [-0.2, -0.15) is 0 Å². The SMILES string of the molecule is NCC(C(=O)O)N1CCS(=O)CC1. The van der Waals surface area contributed by atoms with Crippen molar-refractivity contribution < 1.29 is 14.1 Å². The van der Waals surface area contributed by atoms with Gasteiger partial charge in [-0.15, -0.1) is 0 Å². The second-order valence-corrected chi connectivity index (χ2v) is 4.67. The zero-order chi connectivity index (χ0) is 9.84. The van der Waals surface area contributed by atoms with E-state index in [1.165, 1.54) is 0 Å². The van der Waals surface area contributed by atoms with E-state index in [4.69, 9.17) is 10.8 Å². The largest absolute Gasteiger partial charge is 0.480 e.